The van der Waals surface area contributed by atoms with Crippen LogP contribution in [0.25, 0.3) is 11.3 Å². The molecule has 0 radical (unpaired) electrons. The van der Waals surface area contributed by atoms with E-state index in [9.17, 15) is 0 Å². The Kier molecular flexibility index (Phi) is 3.19. The molecular weight excluding hydrogens is 242 g/mol. The van der Waals surface area contributed by atoms with Crippen molar-refractivity contribution in [2.75, 3.05) is 23.7 Å². The SMILES string of the molecule is Nc1cccc(-c2csc(N3CCCCC3)n2)c1. The predicted molar refractivity (Wildman–Crippen MR) is 78.0 cm³/mol. The van der Waals surface area contributed by atoms with E-state index < -0.39 is 0 Å². The van der Waals surface area contributed by atoms with E-state index >= 15 is 0 Å². The molecule has 1 aromatic carbocycles. The van der Waals surface area contributed by atoms with Crippen molar-refractivity contribution in [1.82, 2.24) is 4.98 Å². The molecule has 1 aliphatic heterocycles. The maximum Gasteiger partial charge on any atom is 0.185 e. The number of piperidine rings is 1. The average Bonchev–Trinajstić information content (AvgIpc) is 2.89. The molecule has 1 fully saturated rings. The van der Waals surface area contributed by atoms with Gasteiger partial charge in [-0.05, 0) is 31.4 Å². The van der Waals surface area contributed by atoms with Gasteiger partial charge in [0, 0.05) is 29.7 Å². The Balaban J connectivity index is 1.84. The largest absolute Gasteiger partial charge is 0.399 e. The minimum absolute atomic E-state index is 0.792. The fourth-order valence-corrected chi connectivity index (χ4v) is 3.21. The number of anilines is 2. The highest BCUT2D eigenvalue weighted by Gasteiger charge is 2.14. The molecule has 1 aromatic heterocycles. The van der Waals surface area contributed by atoms with Gasteiger partial charge in [0.15, 0.2) is 5.13 Å². The zero-order chi connectivity index (χ0) is 12.4. The van der Waals surface area contributed by atoms with Gasteiger partial charge in [0.25, 0.3) is 0 Å². The minimum Gasteiger partial charge on any atom is -0.399 e. The van der Waals surface area contributed by atoms with Gasteiger partial charge in [0.1, 0.15) is 0 Å². The van der Waals surface area contributed by atoms with Crippen LogP contribution in [0.5, 0.6) is 0 Å². The first-order valence-corrected chi connectivity index (χ1v) is 7.27. The summed E-state index contributed by atoms with van der Waals surface area (Å²) in [7, 11) is 0. The molecule has 1 aliphatic rings. The molecule has 0 spiro atoms. The number of nitrogen functional groups attached to an aromatic ring is 1. The molecule has 3 nitrogen and oxygen atoms in total. The number of rotatable bonds is 2. The van der Waals surface area contributed by atoms with Crippen LogP contribution >= 0.6 is 11.3 Å². The van der Waals surface area contributed by atoms with Crippen LogP contribution in [0.3, 0.4) is 0 Å². The highest BCUT2D eigenvalue weighted by molar-refractivity contribution is 7.14. The van der Waals surface area contributed by atoms with E-state index in [-0.39, 0.29) is 0 Å². The van der Waals surface area contributed by atoms with Gasteiger partial charge >= 0.3 is 0 Å². The molecule has 18 heavy (non-hydrogen) atoms. The Morgan fingerprint density at radius 3 is 2.78 bits per heavy atom. The number of nitrogens with two attached hydrogens (primary N) is 1. The van der Waals surface area contributed by atoms with E-state index in [1.54, 1.807) is 11.3 Å². The number of aromatic nitrogens is 1. The van der Waals surface area contributed by atoms with E-state index in [0.717, 1.165) is 35.2 Å². The summed E-state index contributed by atoms with van der Waals surface area (Å²) >= 11 is 1.73. The number of benzene rings is 1. The van der Waals surface area contributed by atoms with E-state index in [2.05, 4.69) is 16.3 Å². The second-order valence-electron chi connectivity index (χ2n) is 4.69. The molecule has 2 N–H and O–H groups in total. The lowest BCUT2D eigenvalue weighted by molar-refractivity contribution is 0.577. The van der Waals surface area contributed by atoms with E-state index in [1.165, 1.54) is 19.3 Å². The highest BCUT2D eigenvalue weighted by Crippen LogP contribution is 2.29. The molecule has 3 rings (SSSR count). The molecule has 4 heteroatoms. The Hall–Kier alpha value is -1.55. The molecule has 0 amide bonds. The molecule has 0 unspecified atom stereocenters. The molecular formula is C14H17N3S. The predicted octanol–water partition coefficient (Wildman–Crippen LogP) is 3.38. The minimum atomic E-state index is 0.792. The second-order valence-corrected chi connectivity index (χ2v) is 5.53. The van der Waals surface area contributed by atoms with E-state index in [1.807, 2.05) is 18.2 Å². The summed E-state index contributed by atoms with van der Waals surface area (Å²) in [4.78, 5) is 7.13. The Morgan fingerprint density at radius 1 is 1.17 bits per heavy atom. The standard InChI is InChI=1S/C14H17N3S/c15-12-6-4-5-11(9-12)13-10-18-14(16-13)17-7-2-1-3-8-17/h4-6,9-10H,1-3,7-8,15H2. The summed E-state index contributed by atoms with van der Waals surface area (Å²) in [6.45, 7) is 2.29. The fraction of sp³-hybridized carbons (Fsp3) is 0.357. The zero-order valence-corrected chi connectivity index (χ0v) is 11.1. The monoisotopic (exact) mass is 259 g/mol. The third-order valence-electron chi connectivity index (χ3n) is 3.30. The fourth-order valence-electron chi connectivity index (χ4n) is 2.33. The zero-order valence-electron chi connectivity index (χ0n) is 10.3. The summed E-state index contributed by atoms with van der Waals surface area (Å²) in [5.74, 6) is 0. The van der Waals surface area contributed by atoms with Crippen LogP contribution in [0, 0.1) is 0 Å². The number of nitrogens with zero attached hydrogens (tertiary/aromatic N) is 2. The van der Waals surface area contributed by atoms with Crippen LogP contribution in [-0.2, 0) is 0 Å². The van der Waals surface area contributed by atoms with Crippen LogP contribution in [0.1, 0.15) is 19.3 Å². The van der Waals surface area contributed by atoms with Gasteiger partial charge < -0.3 is 10.6 Å². The van der Waals surface area contributed by atoms with Crippen molar-refractivity contribution in [3.63, 3.8) is 0 Å². The van der Waals surface area contributed by atoms with Crippen LogP contribution in [-0.4, -0.2) is 18.1 Å². The molecule has 0 aliphatic carbocycles. The van der Waals surface area contributed by atoms with Gasteiger partial charge in [-0.15, -0.1) is 11.3 Å². The van der Waals surface area contributed by atoms with Crippen molar-refractivity contribution in [2.24, 2.45) is 0 Å². The van der Waals surface area contributed by atoms with Crippen molar-refractivity contribution in [1.29, 1.82) is 0 Å². The lowest BCUT2D eigenvalue weighted by Crippen LogP contribution is -2.29. The molecule has 2 aromatic rings. The number of thiazole rings is 1. The molecule has 0 atom stereocenters. The average molecular weight is 259 g/mol. The summed E-state index contributed by atoms with van der Waals surface area (Å²) in [6, 6.07) is 7.92. The highest BCUT2D eigenvalue weighted by atomic mass is 32.1. The Labute approximate surface area is 111 Å². The Bertz CT molecular complexity index is 529. The quantitative estimate of drug-likeness (QED) is 0.841. The summed E-state index contributed by atoms with van der Waals surface area (Å²) < 4.78 is 0. The van der Waals surface area contributed by atoms with Crippen LogP contribution in [0.15, 0.2) is 29.6 Å². The first kappa shape index (κ1) is 11.5. The summed E-state index contributed by atoms with van der Waals surface area (Å²) in [6.07, 6.45) is 3.92. The van der Waals surface area contributed by atoms with Crippen LogP contribution < -0.4 is 10.6 Å². The molecule has 94 valence electrons. The first-order valence-electron chi connectivity index (χ1n) is 6.39. The number of hydrogen-bond donors (Lipinski definition) is 1. The first-order chi connectivity index (χ1) is 8.83. The van der Waals surface area contributed by atoms with Gasteiger partial charge in [-0.25, -0.2) is 4.98 Å². The van der Waals surface area contributed by atoms with Crippen molar-refractivity contribution >= 4 is 22.2 Å². The van der Waals surface area contributed by atoms with Crippen molar-refractivity contribution in [3.05, 3.63) is 29.6 Å². The Morgan fingerprint density at radius 2 is 2.00 bits per heavy atom. The van der Waals surface area contributed by atoms with E-state index in [0.29, 0.717) is 0 Å². The molecule has 0 saturated carbocycles. The van der Waals surface area contributed by atoms with Gasteiger partial charge in [0.05, 0.1) is 5.69 Å². The maximum absolute atomic E-state index is 5.81. The summed E-state index contributed by atoms with van der Waals surface area (Å²) in [5.41, 5.74) is 8.74. The third-order valence-corrected chi connectivity index (χ3v) is 4.20. The summed E-state index contributed by atoms with van der Waals surface area (Å²) in [5, 5.41) is 3.27. The van der Waals surface area contributed by atoms with Crippen molar-refractivity contribution in [2.45, 2.75) is 19.3 Å². The lowest BCUT2D eigenvalue weighted by atomic mass is 10.1. The van der Waals surface area contributed by atoms with Gasteiger partial charge in [-0.1, -0.05) is 12.1 Å². The molecule has 0 bridgehead atoms. The smallest absolute Gasteiger partial charge is 0.185 e. The topological polar surface area (TPSA) is 42.1 Å². The molecule has 2 heterocycles. The van der Waals surface area contributed by atoms with Gasteiger partial charge in [0.2, 0.25) is 0 Å². The van der Waals surface area contributed by atoms with Gasteiger partial charge in [-0.3, -0.25) is 0 Å². The van der Waals surface area contributed by atoms with Crippen LogP contribution in [0.2, 0.25) is 0 Å². The third kappa shape index (κ3) is 2.34. The van der Waals surface area contributed by atoms with Crippen LogP contribution in [0.4, 0.5) is 10.8 Å². The molecule has 1 saturated heterocycles. The van der Waals surface area contributed by atoms with E-state index in [4.69, 9.17) is 10.7 Å². The maximum atomic E-state index is 5.81. The second kappa shape index (κ2) is 4.98. The number of hydrogen-bond acceptors (Lipinski definition) is 4. The lowest BCUT2D eigenvalue weighted by Gasteiger charge is -2.25. The van der Waals surface area contributed by atoms with Crippen molar-refractivity contribution < 1.29 is 0 Å². The van der Waals surface area contributed by atoms with Gasteiger partial charge in [-0.2, -0.15) is 0 Å². The van der Waals surface area contributed by atoms with Crippen molar-refractivity contribution in [3.8, 4) is 11.3 Å². The normalized spacial score (nSPS) is 15.9.